The molecular weight excluding hydrogens is 340 g/mol. The molecule has 4 aromatic carbocycles. The van der Waals surface area contributed by atoms with E-state index in [0.717, 1.165) is 17.5 Å². The van der Waals surface area contributed by atoms with Gasteiger partial charge in [0.2, 0.25) is 0 Å². The van der Waals surface area contributed by atoms with Gasteiger partial charge in [0.05, 0.1) is 0 Å². The molecule has 0 atom stereocenters. The average Bonchev–Trinajstić information content (AvgIpc) is 2.79. The zero-order valence-electron chi connectivity index (χ0n) is 15.7. The zero-order chi connectivity index (χ0) is 19.2. The molecule has 136 valence electrons. The number of benzene rings is 4. The van der Waals surface area contributed by atoms with Gasteiger partial charge in [0, 0.05) is 12.0 Å². The fourth-order valence-electron chi connectivity index (χ4n) is 3.38. The van der Waals surface area contributed by atoms with Gasteiger partial charge in [0.25, 0.3) is 0 Å². The van der Waals surface area contributed by atoms with E-state index >= 15 is 0 Å². The van der Waals surface area contributed by atoms with Crippen LogP contribution in [0, 0.1) is 0 Å². The van der Waals surface area contributed by atoms with Crippen molar-refractivity contribution >= 4 is 5.78 Å². The Labute approximate surface area is 166 Å². The summed E-state index contributed by atoms with van der Waals surface area (Å²) >= 11 is 0. The predicted octanol–water partition coefficient (Wildman–Crippen LogP) is 6.84. The van der Waals surface area contributed by atoms with Crippen LogP contribution < -0.4 is 0 Å². The monoisotopic (exact) mass is 362 g/mol. The van der Waals surface area contributed by atoms with Gasteiger partial charge in [-0.1, -0.05) is 109 Å². The van der Waals surface area contributed by atoms with Crippen molar-refractivity contribution < 1.29 is 4.79 Å². The Balaban J connectivity index is 1.38. The molecule has 4 rings (SSSR count). The van der Waals surface area contributed by atoms with Crippen LogP contribution in [-0.2, 0) is 6.42 Å². The van der Waals surface area contributed by atoms with E-state index in [1.54, 1.807) is 0 Å². The average molecular weight is 362 g/mol. The third-order valence-corrected chi connectivity index (χ3v) is 5.02. The fourth-order valence-corrected chi connectivity index (χ4v) is 3.38. The zero-order valence-corrected chi connectivity index (χ0v) is 15.7. The highest BCUT2D eigenvalue weighted by Gasteiger charge is 2.07. The Hall–Kier alpha value is -3.45. The first-order valence-corrected chi connectivity index (χ1v) is 9.63. The van der Waals surface area contributed by atoms with Gasteiger partial charge in [-0.15, -0.1) is 0 Å². The summed E-state index contributed by atoms with van der Waals surface area (Å²) in [4.78, 5) is 12.6. The molecule has 0 N–H and O–H groups in total. The molecule has 0 unspecified atom stereocenters. The number of hydrogen-bond donors (Lipinski definition) is 0. The van der Waals surface area contributed by atoms with Crippen LogP contribution in [0.1, 0.15) is 22.3 Å². The summed E-state index contributed by atoms with van der Waals surface area (Å²) < 4.78 is 0. The lowest BCUT2D eigenvalue weighted by Gasteiger charge is -2.06. The van der Waals surface area contributed by atoms with Gasteiger partial charge in [0.15, 0.2) is 5.78 Å². The van der Waals surface area contributed by atoms with Crippen molar-refractivity contribution in [2.75, 3.05) is 0 Å². The molecule has 0 aliphatic rings. The van der Waals surface area contributed by atoms with Crippen LogP contribution in [0.5, 0.6) is 0 Å². The molecule has 0 amide bonds. The first-order valence-electron chi connectivity index (χ1n) is 9.63. The van der Waals surface area contributed by atoms with Gasteiger partial charge in [0.1, 0.15) is 0 Å². The fraction of sp³-hybridized carbons (Fsp3) is 0.0741. The number of carbonyl (C=O) groups excluding carboxylic acids is 1. The number of ketones is 1. The van der Waals surface area contributed by atoms with Gasteiger partial charge in [-0.05, 0) is 34.2 Å². The summed E-state index contributed by atoms with van der Waals surface area (Å²) in [5, 5.41) is 0. The normalized spacial score (nSPS) is 10.6. The lowest BCUT2D eigenvalue weighted by molar-refractivity contribution is 0.0983. The second-order valence-corrected chi connectivity index (χ2v) is 6.93. The van der Waals surface area contributed by atoms with Gasteiger partial charge < -0.3 is 0 Å². The second-order valence-electron chi connectivity index (χ2n) is 6.93. The van der Waals surface area contributed by atoms with Crippen molar-refractivity contribution in [2.45, 2.75) is 12.8 Å². The van der Waals surface area contributed by atoms with Gasteiger partial charge in [-0.2, -0.15) is 0 Å². The maximum atomic E-state index is 12.6. The van der Waals surface area contributed by atoms with Crippen LogP contribution in [0.2, 0.25) is 0 Å². The molecule has 28 heavy (non-hydrogen) atoms. The van der Waals surface area contributed by atoms with E-state index in [-0.39, 0.29) is 5.78 Å². The van der Waals surface area contributed by atoms with E-state index in [2.05, 4.69) is 48.5 Å². The van der Waals surface area contributed by atoms with E-state index in [1.807, 2.05) is 60.7 Å². The molecule has 0 aromatic heterocycles. The molecule has 4 aromatic rings. The Kier molecular flexibility index (Phi) is 5.44. The highest BCUT2D eigenvalue weighted by atomic mass is 16.1. The van der Waals surface area contributed by atoms with Crippen molar-refractivity contribution in [1.82, 2.24) is 0 Å². The maximum Gasteiger partial charge on any atom is 0.163 e. The SMILES string of the molecule is O=C(CCc1ccc(-c2ccccc2)cc1)c1ccc(-c2ccccc2)cc1. The second kappa shape index (κ2) is 8.49. The third kappa shape index (κ3) is 4.27. The summed E-state index contributed by atoms with van der Waals surface area (Å²) in [5.41, 5.74) is 6.68. The minimum absolute atomic E-state index is 0.187. The largest absolute Gasteiger partial charge is 0.294 e. The van der Waals surface area contributed by atoms with Crippen molar-refractivity contribution in [2.24, 2.45) is 0 Å². The summed E-state index contributed by atoms with van der Waals surface area (Å²) in [6.45, 7) is 0. The molecule has 0 spiro atoms. The lowest BCUT2D eigenvalue weighted by atomic mass is 9.98. The predicted molar refractivity (Wildman–Crippen MR) is 116 cm³/mol. The van der Waals surface area contributed by atoms with Crippen LogP contribution in [-0.4, -0.2) is 5.78 Å². The standard InChI is InChI=1S/C27H22O/c28-27(26-18-16-25(17-19-26)23-9-5-2-6-10-23)20-13-21-11-14-24(15-12-21)22-7-3-1-4-8-22/h1-12,14-19H,13,20H2. The molecule has 0 radical (unpaired) electrons. The van der Waals surface area contributed by atoms with Crippen LogP contribution in [0.4, 0.5) is 0 Å². The molecule has 0 aliphatic heterocycles. The van der Waals surface area contributed by atoms with E-state index in [9.17, 15) is 4.79 Å². The van der Waals surface area contributed by atoms with Gasteiger partial charge in [-0.25, -0.2) is 0 Å². The highest BCUT2D eigenvalue weighted by molar-refractivity contribution is 5.96. The number of hydrogen-bond acceptors (Lipinski definition) is 1. The topological polar surface area (TPSA) is 17.1 Å². The Morgan fingerprint density at radius 2 is 0.929 bits per heavy atom. The first-order chi connectivity index (χ1) is 13.8. The lowest BCUT2D eigenvalue weighted by Crippen LogP contribution is -2.01. The Morgan fingerprint density at radius 3 is 1.43 bits per heavy atom. The van der Waals surface area contributed by atoms with Gasteiger partial charge in [-0.3, -0.25) is 4.79 Å². The van der Waals surface area contributed by atoms with Crippen LogP contribution >= 0.6 is 0 Å². The number of Topliss-reactive ketones (excluding diaryl/α,β-unsaturated/α-hetero) is 1. The van der Waals surface area contributed by atoms with E-state index in [0.29, 0.717) is 6.42 Å². The molecule has 1 nitrogen and oxygen atoms in total. The molecule has 0 bridgehead atoms. The summed E-state index contributed by atoms with van der Waals surface area (Å²) in [5.74, 6) is 0.187. The van der Waals surface area contributed by atoms with Crippen molar-refractivity contribution in [3.63, 3.8) is 0 Å². The maximum absolute atomic E-state index is 12.6. The van der Waals surface area contributed by atoms with Crippen molar-refractivity contribution in [3.05, 3.63) is 120 Å². The molecule has 0 saturated heterocycles. The summed E-state index contributed by atoms with van der Waals surface area (Å²) in [6, 6.07) is 37.0. The van der Waals surface area contributed by atoms with Crippen LogP contribution in [0.25, 0.3) is 22.3 Å². The minimum atomic E-state index is 0.187. The summed E-state index contributed by atoms with van der Waals surface area (Å²) in [6.07, 6.45) is 1.28. The smallest absolute Gasteiger partial charge is 0.163 e. The quantitative estimate of drug-likeness (QED) is 0.343. The minimum Gasteiger partial charge on any atom is -0.294 e. The Bertz CT molecular complexity index is 1030. The van der Waals surface area contributed by atoms with E-state index in [1.165, 1.54) is 22.3 Å². The number of aryl methyl sites for hydroxylation is 1. The van der Waals surface area contributed by atoms with Crippen molar-refractivity contribution in [3.8, 4) is 22.3 Å². The molecule has 0 saturated carbocycles. The summed E-state index contributed by atoms with van der Waals surface area (Å²) in [7, 11) is 0. The molecular formula is C27H22O. The molecule has 1 heteroatoms. The van der Waals surface area contributed by atoms with E-state index < -0.39 is 0 Å². The molecule has 0 heterocycles. The van der Waals surface area contributed by atoms with Crippen molar-refractivity contribution in [1.29, 1.82) is 0 Å². The van der Waals surface area contributed by atoms with E-state index in [4.69, 9.17) is 0 Å². The number of carbonyl (C=O) groups is 1. The van der Waals surface area contributed by atoms with Crippen LogP contribution in [0.3, 0.4) is 0 Å². The Morgan fingerprint density at radius 1 is 0.500 bits per heavy atom. The molecule has 0 fully saturated rings. The third-order valence-electron chi connectivity index (χ3n) is 5.02. The molecule has 0 aliphatic carbocycles. The highest BCUT2D eigenvalue weighted by Crippen LogP contribution is 2.21. The van der Waals surface area contributed by atoms with Crippen LogP contribution in [0.15, 0.2) is 109 Å². The first kappa shape index (κ1) is 17.9. The number of rotatable bonds is 6. The van der Waals surface area contributed by atoms with Gasteiger partial charge >= 0.3 is 0 Å².